The Morgan fingerprint density at radius 1 is 1.03 bits per heavy atom. The van der Waals surface area contributed by atoms with E-state index in [0.29, 0.717) is 24.3 Å². The van der Waals surface area contributed by atoms with Crippen molar-refractivity contribution in [1.29, 1.82) is 0 Å². The largest absolute Gasteiger partial charge is 0.393 e. The number of anilines is 1. The number of nitrogens with one attached hydrogen (secondary N) is 1. The van der Waals surface area contributed by atoms with E-state index in [-0.39, 0.29) is 25.9 Å². The first-order valence-electron chi connectivity index (χ1n) is 8.64. The minimum absolute atomic E-state index is 0.0404. The second-order valence-electron chi connectivity index (χ2n) is 6.61. The molecule has 1 aliphatic rings. The van der Waals surface area contributed by atoms with Crippen LogP contribution < -0.4 is 5.32 Å². The molecule has 1 amide bonds. The second kappa shape index (κ2) is 8.50. The van der Waals surface area contributed by atoms with Gasteiger partial charge in [-0.25, -0.2) is 26.0 Å². The number of piperidine rings is 1. The average Bonchev–Trinajstić information content (AvgIpc) is 2.66. The first-order valence-corrected chi connectivity index (χ1v) is 10.5. The number of rotatable bonds is 4. The minimum Gasteiger partial charge on any atom is -0.393 e. The van der Waals surface area contributed by atoms with Gasteiger partial charge >= 0.3 is 0 Å². The summed E-state index contributed by atoms with van der Waals surface area (Å²) in [5, 5.41) is 11.1. The standard InChI is InChI=1S/C18H15ClF4N2O4S/c19-12-8-13(20)16(30(28,29)25-3-1-10(26)2-4-25)7-11(12)18(27)24-9-5-14(21)17(23)15(22)6-9/h5-8,10,26H,1-4H2,(H,24,27). The summed E-state index contributed by atoms with van der Waals surface area (Å²) >= 11 is 5.85. The van der Waals surface area contributed by atoms with E-state index in [9.17, 15) is 35.9 Å². The minimum atomic E-state index is -4.34. The van der Waals surface area contributed by atoms with E-state index in [1.54, 1.807) is 0 Å². The number of nitrogens with zero attached hydrogens (tertiary/aromatic N) is 1. The topological polar surface area (TPSA) is 86.7 Å². The highest BCUT2D eigenvalue weighted by Gasteiger charge is 2.32. The molecule has 1 heterocycles. The Morgan fingerprint density at radius 3 is 2.17 bits per heavy atom. The number of carbonyl (C=O) groups is 1. The fourth-order valence-electron chi connectivity index (χ4n) is 2.95. The SMILES string of the molecule is O=C(Nc1cc(F)c(F)c(F)c1)c1cc(S(=O)(=O)N2CCC(O)CC2)c(F)cc1Cl. The number of amides is 1. The van der Waals surface area contributed by atoms with E-state index in [1.807, 2.05) is 0 Å². The quantitative estimate of drug-likeness (QED) is 0.535. The third-order valence-corrected chi connectivity index (χ3v) is 6.78. The van der Waals surface area contributed by atoms with Crippen molar-refractivity contribution in [3.8, 4) is 0 Å². The fraction of sp³-hybridized carbons (Fsp3) is 0.278. The van der Waals surface area contributed by atoms with Crippen LogP contribution >= 0.6 is 11.6 Å². The normalized spacial score (nSPS) is 15.9. The van der Waals surface area contributed by atoms with Gasteiger partial charge in [-0.3, -0.25) is 4.79 Å². The predicted molar refractivity (Wildman–Crippen MR) is 99.7 cm³/mol. The molecule has 12 heteroatoms. The summed E-state index contributed by atoms with van der Waals surface area (Å²) in [6.45, 7) is -0.0809. The monoisotopic (exact) mass is 466 g/mol. The number of aliphatic hydroxyl groups excluding tert-OH is 1. The Bertz CT molecular complexity index is 1080. The zero-order valence-corrected chi connectivity index (χ0v) is 16.7. The van der Waals surface area contributed by atoms with Gasteiger partial charge in [0.25, 0.3) is 5.91 Å². The lowest BCUT2D eigenvalue weighted by atomic mass is 10.1. The van der Waals surface area contributed by atoms with Crippen molar-refractivity contribution in [3.63, 3.8) is 0 Å². The average molecular weight is 467 g/mol. The summed E-state index contributed by atoms with van der Waals surface area (Å²) in [6, 6.07) is 2.38. The lowest BCUT2D eigenvalue weighted by Crippen LogP contribution is -2.40. The van der Waals surface area contributed by atoms with Crippen molar-refractivity contribution in [2.24, 2.45) is 0 Å². The molecular formula is C18H15ClF4N2O4S. The molecule has 6 nitrogen and oxygen atoms in total. The molecule has 3 rings (SSSR count). The smallest absolute Gasteiger partial charge is 0.257 e. The maximum atomic E-state index is 14.4. The van der Waals surface area contributed by atoms with E-state index < -0.39 is 66.5 Å². The Hall–Kier alpha value is -2.21. The highest BCUT2D eigenvalue weighted by Crippen LogP contribution is 2.29. The van der Waals surface area contributed by atoms with E-state index >= 15 is 0 Å². The number of hydrogen-bond acceptors (Lipinski definition) is 4. The van der Waals surface area contributed by atoms with E-state index in [2.05, 4.69) is 5.32 Å². The Labute approximate surface area is 174 Å². The molecule has 0 radical (unpaired) electrons. The summed E-state index contributed by atoms with van der Waals surface area (Å²) < 4.78 is 80.6. The van der Waals surface area contributed by atoms with Gasteiger partial charge in [0.15, 0.2) is 17.5 Å². The maximum Gasteiger partial charge on any atom is 0.257 e. The zero-order chi connectivity index (χ0) is 22.2. The van der Waals surface area contributed by atoms with Gasteiger partial charge < -0.3 is 10.4 Å². The van der Waals surface area contributed by atoms with Crippen LogP contribution in [0.2, 0.25) is 5.02 Å². The van der Waals surface area contributed by atoms with Crippen molar-refractivity contribution < 1.29 is 35.9 Å². The predicted octanol–water partition coefficient (Wildman–Crippen LogP) is 3.29. The first-order chi connectivity index (χ1) is 14.0. The third-order valence-electron chi connectivity index (χ3n) is 4.55. The lowest BCUT2D eigenvalue weighted by molar-refractivity contribution is 0.102. The summed E-state index contributed by atoms with van der Waals surface area (Å²) in [5.41, 5.74) is -0.926. The van der Waals surface area contributed by atoms with Gasteiger partial charge in [0, 0.05) is 30.9 Å². The molecule has 0 bridgehead atoms. The van der Waals surface area contributed by atoms with Crippen molar-refractivity contribution in [3.05, 3.63) is 58.1 Å². The Kier molecular flexibility index (Phi) is 6.37. The van der Waals surface area contributed by atoms with Crippen molar-refractivity contribution in [2.75, 3.05) is 18.4 Å². The van der Waals surface area contributed by atoms with Gasteiger partial charge in [-0.1, -0.05) is 11.6 Å². The van der Waals surface area contributed by atoms with Gasteiger partial charge in [-0.05, 0) is 25.0 Å². The van der Waals surface area contributed by atoms with E-state index in [1.165, 1.54) is 0 Å². The van der Waals surface area contributed by atoms with Gasteiger partial charge in [0.05, 0.1) is 16.7 Å². The molecule has 0 aliphatic carbocycles. The molecule has 0 saturated carbocycles. The molecule has 30 heavy (non-hydrogen) atoms. The molecule has 2 aromatic carbocycles. The number of benzene rings is 2. The van der Waals surface area contributed by atoms with Crippen LogP contribution in [-0.2, 0) is 10.0 Å². The van der Waals surface area contributed by atoms with Gasteiger partial charge in [-0.2, -0.15) is 4.31 Å². The van der Waals surface area contributed by atoms with Crippen LogP contribution in [-0.4, -0.2) is 42.9 Å². The molecule has 0 atom stereocenters. The van der Waals surface area contributed by atoms with Gasteiger partial charge in [-0.15, -0.1) is 0 Å². The van der Waals surface area contributed by atoms with Crippen molar-refractivity contribution in [2.45, 2.75) is 23.8 Å². The zero-order valence-electron chi connectivity index (χ0n) is 15.1. The fourth-order valence-corrected chi connectivity index (χ4v) is 4.73. The van der Waals surface area contributed by atoms with E-state index in [4.69, 9.17) is 11.6 Å². The summed E-state index contributed by atoms with van der Waals surface area (Å²) in [5.74, 6) is -7.11. The van der Waals surface area contributed by atoms with Crippen LogP contribution in [0.1, 0.15) is 23.2 Å². The maximum absolute atomic E-state index is 14.4. The summed E-state index contributed by atoms with van der Waals surface area (Å²) in [6.07, 6.45) is -0.322. The molecule has 1 fully saturated rings. The molecule has 0 spiro atoms. The lowest BCUT2D eigenvalue weighted by Gasteiger charge is -2.29. The molecule has 2 aromatic rings. The molecule has 1 aliphatic heterocycles. The molecule has 1 saturated heterocycles. The van der Waals surface area contributed by atoms with Crippen LogP contribution in [0.4, 0.5) is 23.2 Å². The first kappa shape index (κ1) is 22.5. The van der Waals surface area contributed by atoms with Crippen LogP contribution in [0.25, 0.3) is 0 Å². The van der Waals surface area contributed by atoms with Crippen molar-refractivity contribution in [1.82, 2.24) is 4.31 Å². The van der Waals surface area contributed by atoms with E-state index in [0.717, 1.165) is 4.31 Å². The van der Waals surface area contributed by atoms with Gasteiger partial charge in [0.2, 0.25) is 10.0 Å². The molecular weight excluding hydrogens is 452 g/mol. The highest BCUT2D eigenvalue weighted by molar-refractivity contribution is 7.89. The number of carbonyl (C=O) groups excluding carboxylic acids is 1. The Morgan fingerprint density at radius 2 is 1.60 bits per heavy atom. The number of aliphatic hydroxyl groups is 1. The molecule has 2 N–H and O–H groups in total. The molecule has 162 valence electrons. The number of sulfonamides is 1. The number of hydrogen-bond donors (Lipinski definition) is 2. The summed E-state index contributed by atoms with van der Waals surface area (Å²) in [4.78, 5) is 11.6. The van der Waals surface area contributed by atoms with Crippen molar-refractivity contribution >= 4 is 33.2 Å². The Balaban J connectivity index is 1.94. The summed E-state index contributed by atoms with van der Waals surface area (Å²) in [7, 11) is -4.34. The van der Waals surface area contributed by atoms with Crippen LogP contribution in [0.5, 0.6) is 0 Å². The van der Waals surface area contributed by atoms with Gasteiger partial charge in [0.1, 0.15) is 10.7 Å². The third kappa shape index (κ3) is 4.43. The van der Waals surface area contributed by atoms with Crippen LogP contribution in [0, 0.1) is 23.3 Å². The van der Waals surface area contributed by atoms with Crippen LogP contribution in [0.15, 0.2) is 29.2 Å². The molecule has 0 unspecified atom stereocenters. The highest BCUT2D eigenvalue weighted by atomic mass is 35.5. The number of halogens is 5. The second-order valence-corrected chi connectivity index (χ2v) is 8.92. The molecule has 0 aromatic heterocycles. The van der Waals surface area contributed by atoms with Crippen LogP contribution in [0.3, 0.4) is 0 Å².